The maximum Gasteiger partial charge on any atom is 0.229 e. The minimum absolute atomic E-state index is 0.0454. The molecule has 4 heteroatoms. The van der Waals surface area contributed by atoms with Crippen molar-refractivity contribution < 1.29 is 9.59 Å². The lowest BCUT2D eigenvalue weighted by Crippen LogP contribution is -2.29. The summed E-state index contributed by atoms with van der Waals surface area (Å²) in [6.45, 7) is 5.38. The Hall–Kier alpha value is -2.10. The predicted molar refractivity (Wildman–Crippen MR) is 100 cm³/mol. The zero-order valence-corrected chi connectivity index (χ0v) is 15.3. The first kappa shape index (κ1) is 17.7. The molecule has 3 rings (SSSR count). The highest BCUT2D eigenvalue weighted by molar-refractivity contribution is 5.97. The number of hydrogen-bond acceptors (Lipinski definition) is 2. The van der Waals surface area contributed by atoms with E-state index in [1.54, 1.807) is 0 Å². The van der Waals surface area contributed by atoms with Crippen LogP contribution in [0.2, 0.25) is 0 Å². The third kappa shape index (κ3) is 4.50. The molecule has 1 aliphatic heterocycles. The summed E-state index contributed by atoms with van der Waals surface area (Å²) < 4.78 is 0. The van der Waals surface area contributed by atoms with Gasteiger partial charge in [-0.05, 0) is 69.2 Å². The molecule has 0 radical (unpaired) electrons. The molecule has 0 saturated carbocycles. The Morgan fingerprint density at radius 1 is 1.24 bits per heavy atom. The molecule has 1 heterocycles. The molecule has 1 saturated heterocycles. The molecule has 1 N–H and O–H groups in total. The van der Waals surface area contributed by atoms with Gasteiger partial charge in [-0.2, -0.15) is 0 Å². The molecule has 25 heavy (non-hydrogen) atoms. The van der Waals surface area contributed by atoms with E-state index in [9.17, 15) is 9.59 Å². The summed E-state index contributed by atoms with van der Waals surface area (Å²) in [6, 6.07) is 5.91. The summed E-state index contributed by atoms with van der Waals surface area (Å²) in [5.41, 5.74) is 4.65. The highest BCUT2D eigenvalue weighted by atomic mass is 16.2. The van der Waals surface area contributed by atoms with E-state index < -0.39 is 0 Å². The number of anilines is 1. The average Bonchev–Trinajstić information content (AvgIpc) is 2.98. The van der Waals surface area contributed by atoms with Gasteiger partial charge in [-0.15, -0.1) is 0 Å². The van der Waals surface area contributed by atoms with Crippen LogP contribution in [-0.4, -0.2) is 29.8 Å². The average molecular weight is 340 g/mol. The molecule has 1 aliphatic carbocycles. The minimum atomic E-state index is -0.241. The van der Waals surface area contributed by atoms with Crippen LogP contribution in [-0.2, 0) is 9.59 Å². The van der Waals surface area contributed by atoms with E-state index in [1.165, 1.54) is 36.8 Å². The Bertz CT molecular complexity index is 693. The van der Waals surface area contributed by atoms with Crippen molar-refractivity contribution in [1.82, 2.24) is 4.90 Å². The van der Waals surface area contributed by atoms with E-state index in [4.69, 9.17) is 0 Å². The topological polar surface area (TPSA) is 49.4 Å². The lowest BCUT2D eigenvalue weighted by molar-refractivity contribution is -0.128. The molecule has 0 spiro atoms. The number of hydrogen-bond donors (Lipinski definition) is 1. The monoisotopic (exact) mass is 340 g/mol. The maximum atomic E-state index is 12.5. The Labute approximate surface area is 150 Å². The fourth-order valence-electron chi connectivity index (χ4n) is 3.64. The molecule has 134 valence electrons. The molecule has 4 nitrogen and oxygen atoms in total. The van der Waals surface area contributed by atoms with E-state index in [-0.39, 0.29) is 17.7 Å². The third-order valence-electron chi connectivity index (χ3n) is 5.45. The van der Waals surface area contributed by atoms with Crippen LogP contribution in [0.25, 0.3) is 0 Å². The second-order valence-electron chi connectivity index (χ2n) is 7.39. The molecular weight excluding hydrogens is 312 g/mol. The standard InChI is InChI=1S/C21H28N2O2/c1-15-8-9-19(12-16(15)2)22-21(25)18-13-20(24)23(14-18)11-10-17-6-4-3-5-7-17/h6,8-9,12,18H,3-5,7,10-11,13-14H2,1-2H3,(H,22,25). The molecular formula is C21H28N2O2. The Morgan fingerprint density at radius 2 is 2.08 bits per heavy atom. The number of aryl methyl sites for hydroxylation is 2. The van der Waals surface area contributed by atoms with Gasteiger partial charge in [0.25, 0.3) is 0 Å². The van der Waals surface area contributed by atoms with Gasteiger partial charge < -0.3 is 10.2 Å². The minimum Gasteiger partial charge on any atom is -0.342 e. The molecule has 1 fully saturated rings. The maximum absolute atomic E-state index is 12.5. The fourth-order valence-corrected chi connectivity index (χ4v) is 3.64. The summed E-state index contributed by atoms with van der Waals surface area (Å²) >= 11 is 0. The van der Waals surface area contributed by atoms with Crippen molar-refractivity contribution >= 4 is 17.5 Å². The SMILES string of the molecule is Cc1ccc(NC(=O)C2CC(=O)N(CCC3=CCCCC3)C2)cc1C. The summed E-state index contributed by atoms with van der Waals surface area (Å²) in [4.78, 5) is 26.6. The lowest BCUT2D eigenvalue weighted by atomic mass is 9.97. The van der Waals surface area contributed by atoms with Crippen molar-refractivity contribution in [3.63, 3.8) is 0 Å². The van der Waals surface area contributed by atoms with Crippen molar-refractivity contribution in [3.05, 3.63) is 41.0 Å². The van der Waals surface area contributed by atoms with Gasteiger partial charge >= 0.3 is 0 Å². The molecule has 1 aromatic carbocycles. The second-order valence-corrected chi connectivity index (χ2v) is 7.39. The van der Waals surface area contributed by atoms with Crippen LogP contribution >= 0.6 is 0 Å². The molecule has 0 bridgehead atoms. The first-order valence-corrected chi connectivity index (χ1v) is 9.37. The fraction of sp³-hybridized carbons (Fsp3) is 0.524. The van der Waals surface area contributed by atoms with Crippen LogP contribution in [0.1, 0.15) is 49.7 Å². The zero-order chi connectivity index (χ0) is 17.8. The summed E-state index contributed by atoms with van der Waals surface area (Å²) in [5.74, 6) is -0.179. The Morgan fingerprint density at radius 3 is 2.80 bits per heavy atom. The van der Waals surface area contributed by atoms with Gasteiger partial charge in [-0.25, -0.2) is 0 Å². The predicted octanol–water partition coefficient (Wildman–Crippen LogP) is 3.98. The van der Waals surface area contributed by atoms with Crippen molar-refractivity contribution in [2.24, 2.45) is 5.92 Å². The van der Waals surface area contributed by atoms with Crippen LogP contribution < -0.4 is 5.32 Å². The number of carbonyl (C=O) groups excluding carboxylic acids is 2. The normalized spacial score (nSPS) is 20.6. The number of carbonyl (C=O) groups is 2. The number of rotatable bonds is 5. The number of amides is 2. The Kier molecular flexibility index (Phi) is 5.57. The molecule has 1 atom stereocenters. The van der Waals surface area contributed by atoms with Gasteiger partial charge in [0.15, 0.2) is 0 Å². The molecule has 1 aromatic rings. The lowest BCUT2D eigenvalue weighted by Gasteiger charge is -2.19. The third-order valence-corrected chi connectivity index (χ3v) is 5.45. The van der Waals surface area contributed by atoms with Gasteiger partial charge in [0, 0.05) is 25.2 Å². The molecule has 2 amide bonds. The van der Waals surface area contributed by atoms with E-state index in [1.807, 2.05) is 30.0 Å². The van der Waals surface area contributed by atoms with Gasteiger partial charge in [0.1, 0.15) is 0 Å². The summed E-state index contributed by atoms with van der Waals surface area (Å²) in [5, 5.41) is 2.97. The van der Waals surface area contributed by atoms with Gasteiger partial charge in [0.05, 0.1) is 5.92 Å². The van der Waals surface area contributed by atoms with Crippen molar-refractivity contribution in [2.75, 3.05) is 18.4 Å². The van der Waals surface area contributed by atoms with Crippen LogP contribution in [0, 0.1) is 19.8 Å². The van der Waals surface area contributed by atoms with Crippen molar-refractivity contribution in [1.29, 1.82) is 0 Å². The number of benzene rings is 1. The van der Waals surface area contributed by atoms with E-state index in [2.05, 4.69) is 18.3 Å². The van der Waals surface area contributed by atoms with Crippen molar-refractivity contribution in [3.8, 4) is 0 Å². The number of likely N-dealkylation sites (tertiary alicyclic amines) is 1. The van der Waals surface area contributed by atoms with Crippen LogP contribution in [0.15, 0.2) is 29.8 Å². The molecule has 2 aliphatic rings. The van der Waals surface area contributed by atoms with Crippen LogP contribution in [0.5, 0.6) is 0 Å². The summed E-state index contributed by atoms with van der Waals surface area (Å²) in [7, 11) is 0. The number of nitrogens with zero attached hydrogens (tertiary/aromatic N) is 1. The first-order valence-electron chi connectivity index (χ1n) is 9.37. The quantitative estimate of drug-likeness (QED) is 0.824. The van der Waals surface area contributed by atoms with Gasteiger partial charge in [-0.3, -0.25) is 9.59 Å². The molecule has 0 aromatic heterocycles. The van der Waals surface area contributed by atoms with Gasteiger partial charge in [0.2, 0.25) is 11.8 Å². The smallest absolute Gasteiger partial charge is 0.229 e. The summed E-state index contributed by atoms with van der Waals surface area (Å²) in [6.07, 6.45) is 8.50. The van der Waals surface area contributed by atoms with Gasteiger partial charge in [-0.1, -0.05) is 17.7 Å². The van der Waals surface area contributed by atoms with Crippen LogP contribution in [0.3, 0.4) is 0 Å². The largest absolute Gasteiger partial charge is 0.342 e. The zero-order valence-electron chi connectivity index (χ0n) is 15.3. The van der Waals surface area contributed by atoms with E-state index in [0.717, 1.165) is 24.2 Å². The van der Waals surface area contributed by atoms with E-state index in [0.29, 0.717) is 13.0 Å². The number of nitrogens with one attached hydrogen (secondary N) is 1. The second kappa shape index (κ2) is 7.85. The van der Waals surface area contributed by atoms with Crippen LogP contribution in [0.4, 0.5) is 5.69 Å². The number of allylic oxidation sites excluding steroid dienone is 1. The highest BCUT2D eigenvalue weighted by Gasteiger charge is 2.34. The van der Waals surface area contributed by atoms with Crippen molar-refractivity contribution in [2.45, 2.75) is 52.4 Å². The molecule has 1 unspecified atom stereocenters. The highest BCUT2D eigenvalue weighted by Crippen LogP contribution is 2.24. The first-order chi connectivity index (χ1) is 12.0. The van der Waals surface area contributed by atoms with E-state index >= 15 is 0 Å². The Balaban J connectivity index is 1.53.